The molecular weight excluding hydrogens is 339 g/mol. The molecule has 2 rings (SSSR count). The number of nitrogens with zero attached hydrogens (tertiary/aromatic N) is 5. The molecule has 0 unspecified atom stereocenters. The van der Waals surface area contributed by atoms with Gasteiger partial charge < -0.3 is 14.9 Å². The van der Waals surface area contributed by atoms with Gasteiger partial charge in [-0.15, -0.1) is 0 Å². The lowest BCUT2D eigenvalue weighted by Gasteiger charge is -2.22. The van der Waals surface area contributed by atoms with Gasteiger partial charge >= 0.3 is 5.97 Å². The Labute approximate surface area is 151 Å². The van der Waals surface area contributed by atoms with E-state index in [-0.39, 0.29) is 12.1 Å². The smallest absolute Gasteiger partial charge is 0.308 e. The van der Waals surface area contributed by atoms with Crippen molar-refractivity contribution in [2.45, 2.75) is 12.8 Å². The lowest BCUT2D eigenvalue weighted by atomic mass is 10.1. The van der Waals surface area contributed by atoms with Gasteiger partial charge in [0.25, 0.3) is 5.69 Å². The molecule has 0 saturated carbocycles. The van der Waals surface area contributed by atoms with Crippen LogP contribution in [-0.2, 0) is 17.6 Å². The third-order valence-corrected chi connectivity index (χ3v) is 3.69. The molecule has 9 heteroatoms. The molecule has 138 valence electrons. The summed E-state index contributed by atoms with van der Waals surface area (Å²) in [6.07, 6.45) is 0.200. The van der Waals surface area contributed by atoms with Crippen LogP contribution in [0.2, 0.25) is 0 Å². The first-order chi connectivity index (χ1) is 12.2. The van der Waals surface area contributed by atoms with Crippen molar-refractivity contribution in [1.29, 1.82) is 0 Å². The lowest BCUT2D eigenvalue weighted by Crippen LogP contribution is -2.22. The van der Waals surface area contributed by atoms with Crippen molar-refractivity contribution in [2.75, 3.05) is 38.0 Å². The summed E-state index contributed by atoms with van der Waals surface area (Å²) in [4.78, 5) is 34.1. The third-order valence-electron chi connectivity index (χ3n) is 3.69. The summed E-state index contributed by atoms with van der Waals surface area (Å²) in [5.74, 6) is 0.648. The summed E-state index contributed by atoms with van der Waals surface area (Å²) in [5.41, 5.74) is 1.39. The number of nitro benzene ring substituents is 1. The summed E-state index contributed by atoms with van der Waals surface area (Å²) >= 11 is 0. The number of aliphatic carboxylic acids is 1. The highest BCUT2D eigenvalue weighted by Gasteiger charge is 2.20. The van der Waals surface area contributed by atoms with Crippen LogP contribution in [0.1, 0.15) is 17.0 Å². The van der Waals surface area contributed by atoms with Crippen molar-refractivity contribution in [3.05, 3.63) is 51.3 Å². The Bertz CT molecular complexity index is 789. The maximum Gasteiger partial charge on any atom is 0.308 e. The molecule has 0 fully saturated rings. The van der Waals surface area contributed by atoms with E-state index < -0.39 is 10.9 Å². The second-order valence-electron chi connectivity index (χ2n) is 6.23. The SMILES string of the molecule is CN(C)c1nc(Cc2ccc([N+](=O)[O-])c[13cH]2)nc(N(C)C)c1CC(=O)O. The Balaban J connectivity index is 2.45. The number of carboxylic acids is 1. The van der Waals surface area contributed by atoms with E-state index in [0.29, 0.717) is 29.4 Å². The minimum absolute atomic E-state index is 0.0226. The molecule has 26 heavy (non-hydrogen) atoms. The van der Waals surface area contributed by atoms with E-state index in [4.69, 9.17) is 0 Å². The molecule has 1 heterocycles. The molecule has 9 nitrogen and oxygen atoms in total. The summed E-state index contributed by atoms with van der Waals surface area (Å²) in [6, 6.07) is 6.20. The number of rotatable bonds is 7. The van der Waals surface area contributed by atoms with Gasteiger partial charge in [-0.1, -0.05) is 12.1 Å². The van der Waals surface area contributed by atoms with Crippen LogP contribution in [0.25, 0.3) is 0 Å². The fourth-order valence-corrected chi connectivity index (χ4v) is 2.55. The van der Waals surface area contributed by atoms with Crippen molar-refractivity contribution in [1.82, 2.24) is 9.97 Å². The highest BCUT2D eigenvalue weighted by atomic mass is 16.6. The Morgan fingerprint density at radius 3 is 1.96 bits per heavy atom. The second-order valence-corrected chi connectivity index (χ2v) is 6.23. The molecule has 1 aromatic carbocycles. The first kappa shape index (κ1) is 19.1. The van der Waals surface area contributed by atoms with Crippen molar-refractivity contribution in [3.63, 3.8) is 0 Å². The Morgan fingerprint density at radius 1 is 1.08 bits per heavy atom. The fourth-order valence-electron chi connectivity index (χ4n) is 2.55. The van der Waals surface area contributed by atoms with Gasteiger partial charge in [-0.05, 0) is 5.56 Å². The quantitative estimate of drug-likeness (QED) is 0.587. The highest BCUT2D eigenvalue weighted by Crippen LogP contribution is 2.27. The number of nitro groups is 1. The largest absolute Gasteiger partial charge is 0.481 e. The molecule has 2 aromatic rings. The standard InChI is InChI=1S/C17H21N5O4/c1-20(2)16-13(10-15(23)24)17(21(3)4)19-14(18-16)9-11-5-7-12(8-6-11)22(25)26/h5-8H,9-10H2,1-4H3,(H,23,24)/i5+1. The van der Waals surface area contributed by atoms with Crippen molar-refractivity contribution >= 4 is 23.3 Å². The molecule has 0 saturated heterocycles. The zero-order valence-electron chi connectivity index (χ0n) is 15.1. The molecule has 0 aliphatic rings. The number of aromatic nitrogens is 2. The molecule has 0 aliphatic heterocycles. The van der Waals surface area contributed by atoms with Crippen LogP contribution in [0.3, 0.4) is 0 Å². The molecule has 0 amide bonds. The van der Waals surface area contributed by atoms with Crippen molar-refractivity contribution in [2.24, 2.45) is 0 Å². The van der Waals surface area contributed by atoms with Crippen molar-refractivity contribution in [3.8, 4) is 0 Å². The van der Waals surface area contributed by atoms with E-state index in [2.05, 4.69) is 9.97 Å². The number of carbonyl (C=O) groups is 1. The number of hydrogen-bond acceptors (Lipinski definition) is 7. The van der Waals surface area contributed by atoms with Gasteiger partial charge in [0.05, 0.1) is 11.3 Å². The average molecular weight is 360 g/mol. The molecule has 1 N–H and O–H groups in total. The maximum absolute atomic E-state index is 11.2. The highest BCUT2D eigenvalue weighted by molar-refractivity contribution is 5.76. The first-order valence-corrected chi connectivity index (χ1v) is 7.88. The predicted molar refractivity (Wildman–Crippen MR) is 97.9 cm³/mol. The number of carboxylic acid groups (broad SMARTS) is 1. The maximum atomic E-state index is 11.2. The molecule has 0 bridgehead atoms. The summed E-state index contributed by atoms with van der Waals surface area (Å²) in [6.45, 7) is 0. The topological polar surface area (TPSA) is 113 Å². The van der Waals surface area contributed by atoms with Crippen LogP contribution in [0.5, 0.6) is 0 Å². The summed E-state index contributed by atoms with van der Waals surface area (Å²) < 4.78 is 0. The van der Waals surface area contributed by atoms with Crippen LogP contribution in [0.15, 0.2) is 24.3 Å². The van der Waals surface area contributed by atoms with Gasteiger partial charge in [0, 0.05) is 52.3 Å². The van der Waals surface area contributed by atoms with Crippen LogP contribution in [-0.4, -0.2) is 54.2 Å². The third kappa shape index (κ3) is 4.44. The van der Waals surface area contributed by atoms with Gasteiger partial charge in [-0.25, -0.2) is 9.97 Å². The van der Waals surface area contributed by atoms with Crippen LogP contribution in [0, 0.1) is 10.1 Å². The van der Waals surface area contributed by atoms with Gasteiger partial charge in [0.2, 0.25) is 0 Å². The molecule has 0 radical (unpaired) electrons. The minimum atomic E-state index is -0.956. The first-order valence-electron chi connectivity index (χ1n) is 7.88. The summed E-state index contributed by atoms with van der Waals surface area (Å²) in [7, 11) is 7.18. The zero-order valence-corrected chi connectivity index (χ0v) is 15.1. The molecule has 0 atom stereocenters. The van der Waals surface area contributed by atoms with Gasteiger partial charge in [-0.2, -0.15) is 0 Å². The van der Waals surface area contributed by atoms with E-state index in [9.17, 15) is 20.0 Å². The predicted octanol–water partition coefficient (Wildman–Crippen LogP) is 1.73. The lowest BCUT2D eigenvalue weighted by molar-refractivity contribution is -0.384. The van der Waals surface area contributed by atoms with E-state index in [1.165, 1.54) is 12.1 Å². The van der Waals surface area contributed by atoms with Crippen molar-refractivity contribution < 1.29 is 14.8 Å². The van der Waals surface area contributed by atoms with Crippen LogP contribution in [0.4, 0.5) is 17.3 Å². The molecule has 0 spiro atoms. The van der Waals surface area contributed by atoms with E-state index in [0.717, 1.165) is 5.56 Å². The Kier molecular flexibility index (Phi) is 5.71. The number of hydrogen-bond donors (Lipinski definition) is 1. The number of benzene rings is 1. The Morgan fingerprint density at radius 2 is 1.58 bits per heavy atom. The Hall–Kier alpha value is -3.23. The minimum Gasteiger partial charge on any atom is -0.481 e. The van der Waals surface area contributed by atoms with E-state index in [1.54, 1.807) is 50.1 Å². The van der Waals surface area contributed by atoms with Crippen LogP contribution >= 0.6 is 0 Å². The van der Waals surface area contributed by atoms with E-state index in [1.807, 2.05) is 0 Å². The molecule has 1 aromatic heterocycles. The average Bonchev–Trinajstić information content (AvgIpc) is 2.55. The fraction of sp³-hybridized carbons (Fsp3) is 0.353. The summed E-state index contributed by atoms with van der Waals surface area (Å²) in [5, 5.41) is 20.0. The van der Waals surface area contributed by atoms with Gasteiger partial charge in [0.15, 0.2) is 0 Å². The monoisotopic (exact) mass is 360 g/mol. The number of anilines is 2. The van der Waals surface area contributed by atoms with Gasteiger partial charge in [0.1, 0.15) is 17.5 Å². The normalized spacial score (nSPS) is 10.5. The molecule has 0 aliphatic carbocycles. The van der Waals surface area contributed by atoms with Gasteiger partial charge in [-0.3, -0.25) is 14.9 Å². The van der Waals surface area contributed by atoms with E-state index >= 15 is 0 Å². The van der Waals surface area contributed by atoms with Crippen LogP contribution < -0.4 is 9.80 Å². The molecular formula is C17H21N5O4. The second kappa shape index (κ2) is 7.77. The zero-order chi connectivity index (χ0) is 19.4. The number of non-ortho nitro benzene ring substituents is 1.